The molecule has 0 aliphatic heterocycles. The first-order valence-corrected chi connectivity index (χ1v) is 10.2. The maximum atomic E-state index is 9.68. The summed E-state index contributed by atoms with van der Waals surface area (Å²) < 4.78 is 9.12. The van der Waals surface area contributed by atoms with Crippen molar-refractivity contribution in [2.24, 2.45) is 0 Å². The van der Waals surface area contributed by atoms with Crippen LogP contribution in [0.4, 0.5) is 5.82 Å². The van der Waals surface area contributed by atoms with Crippen molar-refractivity contribution in [3.63, 3.8) is 0 Å². The Hall–Kier alpha value is -1.83. The molecular weight excluding hydrogens is 572 g/mol. The Bertz CT molecular complexity index is 954. The largest absolute Gasteiger partial charge is 0.492 e. The van der Waals surface area contributed by atoms with E-state index in [9.17, 15) is 10.5 Å². The lowest BCUT2D eigenvalue weighted by Gasteiger charge is -2.12. The average molecular weight is 589 g/mol. The van der Waals surface area contributed by atoms with Crippen LogP contribution in [0.5, 0.6) is 5.75 Å². The smallest absolute Gasteiger partial charge is 0.140 e. The highest BCUT2D eigenvalue weighted by Gasteiger charge is 2.20. The zero-order valence-electron chi connectivity index (χ0n) is 14.5. The minimum Gasteiger partial charge on any atom is -0.492 e. The number of aliphatic hydroxyl groups excluding tert-OH is 1. The molecule has 1 aromatic carbocycles. The van der Waals surface area contributed by atoms with Gasteiger partial charge < -0.3 is 15.6 Å². The highest BCUT2D eigenvalue weighted by atomic mass is 127. The Morgan fingerprint density at radius 1 is 1.41 bits per heavy atom. The van der Waals surface area contributed by atoms with Crippen molar-refractivity contribution in [3.8, 4) is 17.9 Å². The van der Waals surface area contributed by atoms with E-state index in [-0.39, 0.29) is 35.8 Å². The number of ether oxygens (including phenoxy) is 1. The number of nitrogens with zero attached hydrogens (tertiary/aromatic N) is 4. The van der Waals surface area contributed by atoms with Crippen molar-refractivity contribution in [1.29, 1.82) is 10.5 Å². The normalized spacial score (nSPS) is 11.1. The molecule has 0 unspecified atom stereocenters. The van der Waals surface area contributed by atoms with Gasteiger partial charge in [-0.15, -0.1) is 0 Å². The maximum Gasteiger partial charge on any atom is 0.140 e. The van der Waals surface area contributed by atoms with E-state index in [1.165, 1.54) is 4.68 Å². The second-order valence-corrected chi connectivity index (χ2v) is 7.90. The number of nitriles is 2. The van der Waals surface area contributed by atoms with E-state index in [2.05, 4.69) is 56.3 Å². The Kier molecular flexibility index (Phi) is 7.89. The van der Waals surface area contributed by atoms with Gasteiger partial charge in [0.2, 0.25) is 0 Å². The van der Waals surface area contributed by atoms with Crippen LogP contribution in [-0.4, -0.2) is 28.1 Å². The third-order valence-corrected chi connectivity index (χ3v) is 5.00. The molecule has 0 saturated carbocycles. The summed E-state index contributed by atoms with van der Waals surface area (Å²) in [6.07, 6.45) is 2.51. The number of benzene rings is 1. The fraction of sp³-hybridized carbons (Fsp3) is 0.278. The van der Waals surface area contributed by atoms with Gasteiger partial charge in [-0.25, -0.2) is 4.68 Å². The first kappa shape index (κ1) is 21.5. The first-order valence-electron chi connectivity index (χ1n) is 8.08. The van der Waals surface area contributed by atoms with Crippen molar-refractivity contribution >= 4 is 62.6 Å². The zero-order chi connectivity index (χ0) is 20.0. The van der Waals surface area contributed by atoms with E-state index in [0.717, 1.165) is 19.1 Å². The number of hydrogen-bond acceptors (Lipinski definition) is 6. The quantitative estimate of drug-likeness (QED) is 0.378. The molecule has 3 N–H and O–H groups in total. The van der Waals surface area contributed by atoms with Crippen LogP contribution in [-0.2, 0) is 6.54 Å². The molecule has 7 nitrogen and oxygen atoms in total. The molecule has 1 heterocycles. The van der Waals surface area contributed by atoms with E-state index < -0.39 is 0 Å². The predicted octanol–water partition coefficient (Wildman–Crippen LogP) is 3.39. The number of nitrogen functional groups attached to an aromatic ring is 1. The van der Waals surface area contributed by atoms with Gasteiger partial charge in [-0.3, -0.25) is 0 Å². The Morgan fingerprint density at radius 2 is 2.15 bits per heavy atom. The summed E-state index contributed by atoms with van der Waals surface area (Å²) in [5.74, 6) is 0.814. The summed E-state index contributed by atoms with van der Waals surface area (Å²) in [5.41, 5.74) is 7.18. The summed E-state index contributed by atoms with van der Waals surface area (Å²) >= 11 is 4.40. The standard InChI is InChI=1S/C18H17I2N5O2/c1-2-5-27-17-11(7-13(19)8-15(17)20)6-12(9-21)16-14(10-22)18(23)25(24-16)3-4-26/h6-8,26H,2-5,23H2,1H3. The van der Waals surface area contributed by atoms with Gasteiger partial charge in [-0.2, -0.15) is 15.6 Å². The van der Waals surface area contributed by atoms with Crippen LogP contribution in [0.2, 0.25) is 0 Å². The van der Waals surface area contributed by atoms with Gasteiger partial charge in [0, 0.05) is 9.13 Å². The zero-order valence-corrected chi connectivity index (χ0v) is 18.9. The van der Waals surface area contributed by atoms with Crippen LogP contribution in [0, 0.1) is 29.8 Å². The van der Waals surface area contributed by atoms with Crippen LogP contribution in [0.25, 0.3) is 11.6 Å². The van der Waals surface area contributed by atoms with Gasteiger partial charge in [0.25, 0.3) is 0 Å². The van der Waals surface area contributed by atoms with Crippen LogP contribution in [0.15, 0.2) is 12.1 Å². The van der Waals surface area contributed by atoms with Crippen LogP contribution < -0.4 is 10.5 Å². The molecule has 0 atom stereocenters. The van der Waals surface area contributed by atoms with Crippen molar-refractivity contribution in [2.45, 2.75) is 19.9 Å². The van der Waals surface area contributed by atoms with Crippen molar-refractivity contribution < 1.29 is 9.84 Å². The van der Waals surface area contributed by atoms with Crippen molar-refractivity contribution in [1.82, 2.24) is 9.78 Å². The number of aromatic nitrogens is 2. The Morgan fingerprint density at radius 3 is 2.74 bits per heavy atom. The van der Waals surface area contributed by atoms with Crippen molar-refractivity contribution in [2.75, 3.05) is 18.9 Å². The van der Waals surface area contributed by atoms with Gasteiger partial charge in [0.05, 0.1) is 28.9 Å². The molecule has 0 spiro atoms. The second-order valence-electron chi connectivity index (χ2n) is 5.49. The molecule has 0 amide bonds. The minimum atomic E-state index is -0.175. The number of halogens is 2. The SMILES string of the molecule is CCCOc1c(I)cc(I)cc1C=C(C#N)c1nn(CCO)c(N)c1C#N. The molecule has 0 aliphatic carbocycles. The van der Waals surface area contributed by atoms with Gasteiger partial charge >= 0.3 is 0 Å². The molecule has 0 radical (unpaired) electrons. The monoisotopic (exact) mass is 589 g/mol. The summed E-state index contributed by atoms with van der Waals surface area (Å²) in [4.78, 5) is 0. The molecule has 0 saturated heterocycles. The lowest BCUT2D eigenvalue weighted by atomic mass is 10.1. The Balaban J connectivity index is 2.63. The van der Waals surface area contributed by atoms with Gasteiger partial charge in [0.1, 0.15) is 35.0 Å². The van der Waals surface area contributed by atoms with E-state index in [4.69, 9.17) is 15.6 Å². The minimum absolute atomic E-state index is 0.118. The molecule has 1 aromatic heterocycles. The number of allylic oxidation sites excluding steroid dienone is 1. The number of aliphatic hydroxyl groups is 1. The number of rotatable bonds is 7. The molecule has 2 aromatic rings. The van der Waals surface area contributed by atoms with Crippen molar-refractivity contribution in [3.05, 3.63) is 36.1 Å². The van der Waals surface area contributed by atoms with Crippen LogP contribution in [0.3, 0.4) is 0 Å². The molecule has 9 heteroatoms. The molecule has 27 heavy (non-hydrogen) atoms. The molecule has 0 aliphatic rings. The summed E-state index contributed by atoms with van der Waals surface area (Å²) in [7, 11) is 0. The van der Waals surface area contributed by atoms with Crippen LogP contribution in [0.1, 0.15) is 30.2 Å². The Labute approximate surface area is 184 Å². The summed E-state index contributed by atoms with van der Waals surface area (Å²) in [5, 5.41) is 32.5. The average Bonchev–Trinajstić information content (AvgIpc) is 2.94. The fourth-order valence-electron chi connectivity index (χ4n) is 2.39. The third-order valence-electron chi connectivity index (χ3n) is 3.58. The highest BCUT2D eigenvalue weighted by Crippen LogP contribution is 2.32. The lowest BCUT2D eigenvalue weighted by molar-refractivity contribution is 0.270. The molecule has 0 bridgehead atoms. The number of hydrogen-bond donors (Lipinski definition) is 2. The first-order chi connectivity index (χ1) is 13.0. The predicted molar refractivity (Wildman–Crippen MR) is 120 cm³/mol. The topological polar surface area (TPSA) is 121 Å². The lowest BCUT2D eigenvalue weighted by Crippen LogP contribution is -2.07. The third kappa shape index (κ3) is 4.91. The van der Waals surface area contributed by atoms with E-state index in [1.807, 2.05) is 25.1 Å². The molecular formula is C18H17I2N5O2. The van der Waals surface area contributed by atoms with Crippen LogP contribution >= 0.6 is 45.2 Å². The van der Waals surface area contributed by atoms with E-state index in [0.29, 0.717) is 12.4 Å². The number of anilines is 1. The van der Waals surface area contributed by atoms with E-state index >= 15 is 0 Å². The summed E-state index contributed by atoms with van der Waals surface area (Å²) in [6.45, 7) is 2.55. The molecule has 0 fully saturated rings. The summed E-state index contributed by atoms with van der Waals surface area (Å²) in [6, 6.07) is 8.00. The maximum absolute atomic E-state index is 9.68. The van der Waals surface area contributed by atoms with Gasteiger partial charge in [0.15, 0.2) is 0 Å². The molecule has 140 valence electrons. The van der Waals surface area contributed by atoms with Gasteiger partial charge in [-0.1, -0.05) is 6.92 Å². The van der Waals surface area contributed by atoms with Gasteiger partial charge in [-0.05, 0) is 69.8 Å². The number of nitrogens with two attached hydrogens (primary N) is 1. The highest BCUT2D eigenvalue weighted by molar-refractivity contribution is 14.1. The van der Waals surface area contributed by atoms with E-state index in [1.54, 1.807) is 6.08 Å². The second kappa shape index (κ2) is 9.92. The fourth-order valence-corrected chi connectivity index (χ4v) is 4.44. The molecule has 2 rings (SSSR count).